The Morgan fingerprint density at radius 3 is 3.00 bits per heavy atom. The Kier molecular flexibility index (Phi) is 4.62. The maximum atomic E-state index is 10.6. The number of carbonyl (C=O) groups excluding carboxylic acids is 1. The minimum Gasteiger partial charge on any atom is -0.463 e. The van der Waals surface area contributed by atoms with Crippen molar-refractivity contribution in [1.82, 2.24) is 0 Å². The molecule has 0 aliphatic carbocycles. The molecule has 4 nitrogen and oxygen atoms in total. The Labute approximate surface area is 83.8 Å². The van der Waals surface area contributed by atoms with Crippen LogP contribution < -0.4 is 0 Å². The van der Waals surface area contributed by atoms with Crippen molar-refractivity contribution < 1.29 is 19.0 Å². The standard InChI is InChI=1S/C10H16O4/c1-8(11)13-7-10-5-3-4-9(14-10)6-12-2/h3-4,9-10H,5-7H2,1-2H3/t9?,10-/m0/s1. The Morgan fingerprint density at radius 2 is 2.36 bits per heavy atom. The number of carbonyl (C=O) groups is 1. The lowest BCUT2D eigenvalue weighted by atomic mass is 10.1. The van der Waals surface area contributed by atoms with E-state index in [4.69, 9.17) is 14.2 Å². The summed E-state index contributed by atoms with van der Waals surface area (Å²) in [6, 6.07) is 0. The van der Waals surface area contributed by atoms with E-state index in [1.54, 1.807) is 7.11 Å². The Hall–Kier alpha value is -0.870. The molecule has 0 fully saturated rings. The molecule has 14 heavy (non-hydrogen) atoms. The molecule has 0 spiro atoms. The number of rotatable bonds is 4. The molecule has 1 rings (SSSR count). The SMILES string of the molecule is COCC1C=CC[C@@H](COC(C)=O)O1. The van der Waals surface area contributed by atoms with Gasteiger partial charge in [-0.3, -0.25) is 4.79 Å². The van der Waals surface area contributed by atoms with Crippen LogP contribution in [0.25, 0.3) is 0 Å². The Morgan fingerprint density at radius 1 is 1.57 bits per heavy atom. The van der Waals surface area contributed by atoms with E-state index in [1.165, 1.54) is 6.92 Å². The average Bonchev–Trinajstić information content (AvgIpc) is 2.16. The Balaban J connectivity index is 2.28. The summed E-state index contributed by atoms with van der Waals surface area (Å²) < 4.78 is 15.4. The van der Waals surface area contributed by atoms with Gasteiger partial charge in [-0.05, 0) is 6.42 Å². The monoisotopic (exact) mass is 200 g/mol. The van der Waals surface area contributed by atoms with Gasteiger partial charge < -0.3 is 14.2 Å². The summed E-state index contributed by atoms with van der Waals surface area (Å²) in [5.41, 5.74) is 0. The molecular weight excluding hydrogens is 184 g/mol. The second-order valence-electron chi connectivity index (χ2n) is 3.22. The van der Waals surface area contributed by atoms with Crippen LogP contribution in [0.2, 0.25) is 0 Å². The van der Waals surface area contributed by atoms with Crippen molar-refractivity contribution in [1.29, 1.82) is 0 Å². The van der Waals surface area contributed by atoms with Crippen molar-refractivity contribution in [3.8, 4) is 0 Å². The van der Waals surface area contributed by atoms with Crippen LogP contribution in [0.3, 0.4) is 0 Å². The molecule has 1 heterocycles. The molecule has 0 saturated heterocycles. The number of hydrogen-bond acceptors (Lipinski definition) is 4. The third-order valence-corrected chi connectivity index (χ3v) is 1.92. The summed E-state index contributed by atoms with van der Waals surface area (Å²) in [7, 11) is 1.63. The van der Waals surface area contributed by atoms with Gasteiger partial charge in [-0.2, -0.15) is 0 Å². The fourth-order valence-electron chi connectivity index (χ4n) is 1.31. The largest absolute Gasteiger partial charge is 0.463 e. The first-order chi connectivity index (χ1) is 6.72. The molecule has 2 atom stereocenters. The van der Waals surface area contributed by atoms with Gasteiger partial charge in [0.2, 0.25) is 0 Å². The molecule has 0 radical (unpaired) electrons. The lowest BCUT2D eigenvalue weighted by molar-refractivity contribution is -0.147. The van der Waals surface area contributed by atoms with Crippen molar-refractivity contribution >= 4 is 5.97 Å². The smallest absolute Gasteiger partial charge is 0.302 e. The van der Waals surface area contributed by atoms with Gasteiger partial charge >= 0.3 is 5.97 Å². The van der Waals surface area contributed by atoms with Gasteiger partial charge in [0, 0.05) is 14.0 Å². The molecule has 1 aliphatic heterocycles. The maximum Gasteiger partial charge on any atom is 0.302 e. The highest BCUT2D eigenvalue weighted by molar-refractivity contribution is 5.65. The van der Waals surface area contributed by atoms with Gasteiger partial charge in [-0.1, -0.05) is 12.2 Å². The summed E-state index contributed by atoms with van der Waals surface area (Å²) in [6.07, 6.45) is 4.72. The second kappa shape index (κ2) is 5.78. The van der Waals surface area contributed by atoms with E-state index in [2.05, 4.69) is 0 Å². The summed E-state index contributed by atoms with van der Waals surface area (Å²) in [6.45, 7) is 2.25. The number of hydrogen-bond donors (Lipinski definition) is 0. The van der Waals surface area contributed by atoms with Crippen LogP contribution in [-0.2, 0) is 19.0 Å². The fraction of sp³-hybridized carbons (Fsp3) is 0.700. The van der Waals surface area contributed by atoms with Crippen molar-refractivity contribution in [3.63, 3.8) is 0 Å². The van der Waals surface area contributed by atoms with E-state index < -0.39 is 0 Å². The van der Waals surface area contributed by atoms with E-state index in [0.717, 1.165) is 6.42 Å². The zero-order valence-corrected chi connectivity index (χ0v) is 8.56. The molecule has 1 aliphatic rings. The lowest BCUT2D eigenvalue weighted by Gasteiger charge is -2.24. The van der Waals surface area contributed by atoms with Crippen LogP contribution in [0.15, 0.2) is 12.2 Å². The first-order valence-electron chi connectivity index (χ1n) is 4.66. The van der Waals surface area contributed by atoms with Crippen LogP contribution in [-0.4, -0.2) is 38.5 Å². The molecule has 0 saturated carbocycles. The van der Waals surface area contributed by atoms with E-state index in [9.17, 15) is 4.79 Å². The van der Waals surface area contributed by atoms with Gasteiger partial charge in [-0.15, -0.1) is 0 Å². The molecule has 0 N–H and O–H groups in total. The van der Waals surface area contributed by atoms with Gasteiger partial charge in [-0.25, -0.2) is 0 Å². The topological polar surface area (TPSA) is 44.8 Å². The third-order valence-electron chi connectivity index (χ3n) is 1.92. The van der Waals surface area contributed by atoms with Crippen LogP contribution in [0.4, 0.5) is 0 Å². The van der Waals surface area contributed by atoms with Gasteiger partial charge in [0.15, 0.2) is 0 Å². The maximum absolute atomic E-state index is 10.6. The van der Waals surface area contributed by atoms with Crippen LogP contribution in [0.1, 0.15) is 13.3 Å². The molecule has 0 aromatic rings. The van der Waals surface area contributed by atoms with Crippen LogP contribution >= 0.6 is 0 Å². The van der Waals surface area contributed by atoms with Crippen molar-refractivity contribution in [3.05, 3.63) is 12.2 Å². The van der Waals surface area contributed by atoms with Gasteiger partial charge in [0.25, 0.3) is 0 Å². The van der Waals surface area contributed by atoms with Crippen LogP contribution in [0.5, 0.6) is 0 Å². The first-order valence-corrected chi connectivity index (χ1v) is 4.66. The predicted molar refractivity (Wildman–Crippen MR) is 50.9 cm³/mol. The highest BCUT2D eigenvalue weighted by Crippen LogP contribution is 2.12. The Bertz CT molecular complexity index is 212. The molecule has 0 aromatic carbocycles. The average molecular weight is 200 g/mol. The molecule has 1 unspecified atom stereocenters. The molecule has 0 amide bonds. The van der Waals surface area contributed by atoms with E-state index >= 15 is 0 Å². The zero-order valence-electron chi connectivity index (χ0n) is 8.56. The second-order valence-corrected chi connectivity index (χ2v) is 3.22. The van der Waals surface area contributed by atoms with Crippen LogP contribution in [0, 0.1) is 0 Å². The van der Waals surface area contributed by atoms with Gasteiger partial charge in [0.05, 0.1) is 18.8 Å². The minimum absolute atomic E-state index is 0.0192. The molecule has 4 heteroatoms. The van der Waals surface area contributed by atoms with Crippen molar-refractivity contribution in [2.75, 3.05) is 20.3 Å². The first kappa shape index (κ1) is 11.2. The van der Waals surface area contributed by atoms with Gasteiger partial charge in [0.1, 0.15) is 6.61 Å². The third kappa shape index (κ3) is 3.89. The quantitative estimate of drug-likeness (QED) is 0.500. The minimum atomic E-state index is -0.272. The summed E-state index contributed by atoms with van der Waals surface area (Å²) in [5, 5.41) is 0. The summed E-state index contributed by atoms with van der Waals surface area (Å²) >= 11 is 0. The molecule has 0 bridgehead atoms. The highest BCUT2D eigenvalue weighted by Gasteiger charge is 2.18. The number of esters is 1. The van der Waals surface area contributed by atoms with E-state index in [1.807, 2.05) is 12.2 Å². The number of ether oxygens (including phenoxy) is 3. The molecule has 0 aromatic heterocycles. The molecular formula is C10H16O4. The summed E-state index contributed by atoms with van der Waals surface area (Å²) in [5.74, 6) is -0.272. The van der Waals surface area contributed by atoms with E-state index in [-0.39, 0.29) is 18.2 Å². The summed E-state index contributed by atoms with van der Waals surface area (Å²) in [4.78, 5) is 10.6. The molecule has 80 valence electrons. The van der Waals surface area contributed by atoms with E-state index in [0.29, 0.717) is 13.2 Å². The zero-order chi connectivity index (χ0) is 10.4. The highest BCUT2D eigenvalue weighted by atomic mass is 16.6. The fourth-order valence-corrected chi connectivity index (χ4v) is 1.31. The lowest BCUT2D eigenvalue weighted by Crippen LogP contribution is -2.31. The van der Waals surface area contributed by atoms with Crippen molar-refractivity contribution in [2.45, 2.75) is 25.6 Å². The number of methoxy groups -OCH3 is 1. The predicted octanol–water partition coefficient (Wildman–Crippen LogP) is 0.910. The van der Waals surface area contributed by atoms with Crippen molar-refractivity contribution in [2.24, 2.45) is 0 Å². The normalized spacial score (nSPS) is 26.1.